The zero-order valence-electron chi connectivity index (χ0n) is 14.8. The van der Waals surface area contributed by atoms with Crippen molar-refractivity contribution >= 4 is 11.6 Å². The Morgan fingerprint density at radius 1 is 1.62 bits per heavy atom. The molecule has 1 amide bonds. The van der Waals surface area contributed by atoms with Gasteiger partial charge in [-0.15, -0.1) is 0 Å². The number of pyridine rings is 1. The maximum atomic E-state index is 12.7. The zero-order valence-corrected chi connectivity index (χ0v) is 14.8. The molecule has 7 heteroatoms. The van der Waals surface area contributed by atoms with Crippen LogP contribution in [0.5, 0.6) is 5.88 Å². The summed E-state index contributed by atoms with van der Waals surface area (Å²) in [5, 5.41) is 16.9. The van der Waals surface area contributed by atoms with Crippen LogP contribution in [0, 0.1) is 12.3 Å². The number of nitrogens with one attached hydrogen (secondary N) is 1. The van der Waals surface area contributed by atoms with Crippen LogP contribution in [-0.2, 0) is 4.79 Å². The number of carbonyl (C=O) groups is 1. The molecule has 2 N–H and O–H groups in total. The summed E-state index contributed by atoms with van der Waals surface area (Å²) in [5.74, 6) is 0.140. The molecule has 1 aromatic heterocycles. The molecule has 0 radical (unpaired) electrons. The van der Waals surface area contributed by atoms with E-state index >= 15 is 0 Å². The molecule has 0 aliphatic carbocycles. The third kappa shape index (κ3) is 3.82. The number of aliphatic hydroxyl groups is 1. The highest BCUT2D eigenvalue weighted by Gasteiger charge is 2.33. The highest BCUT2D eigenvalue weighted by atomic mass is 19.1. The van der Waals surface area contributed by atoms with Gasteiger partial charge in [0, 0.05) is 29.5 Å². The molecule has 0 saturated carbocycles. The van der Waals surface area contributed by atoms with Crippen molar-refractivity contribution in [1.29, 1.82) is 5.41 Å². The van der Waals surface area contributed by atoms with Gasteiger partial charge in [-0.1, -0.05) is 12.7 Å². The van der Waals surface area contributed by atoms with E-state index in [1.165, 1.54) is 12.2 Å². The molecule has 2 rings (SSSR count). The van der Waals surface area contributed by atoms with Gasteiger partial charge < -0.3 is 20.2 Å². The third-order valence-electron chi connectivity index (χ3n) is 4.23. The number of aryl methyl sites for hydroxylation is 1. The van der Waals surface area contributed by atoms with E-state index in [4.69, 9.17) is 15.3 Å². The molecule has 0 saturated heterocycles. The Bertz CT molecular complexity index is 786. The fourth-order valence-electron chi connectivity index (χ4n) is 2.82. The fourth-order valence-corrected chi connectivity index (χ4v) is 2.82. The minimum absolute atomic E-state index is 0.0518. The van der Waals surface area contributed by atoms with Crippen LogP contribution in [-0.4, -0.2) is 46.4 Å². The zero-order chi connectivity index (χ0) is 19.3. The first-order valence-electron chi connectivity index (χ1n) is 8.16. The second kappa shape index (κ2) is 8.42. The molecule has 0 fully saturated rings. The second-order valence-electron chi connectivity index (χ2n) is 5.86. The van der Waals surface area contributed by atoms with Crippen LogP contribution in [0.4, 0.5) is 4.39 Å². The van der Waals surface area contributed by atoms with Crippen LogP contribution in [0.15, 0.2) is 48.4 Å². The van der Waals surface area contributed by atoms with E-state index in [1.807, 2.05) is 19.9 Å². The average Bonchev–Trinajstić information content (AvgIpc) is 2.96. The molecular formula is C19H22FN3O3. The topological polar surface area (TPSA) is 86.5 Å². The number of amides is 1. The molecule has 6 nitrogen and oxygen atoms in total. The summed E-state index contributed by atoms with van der Waals surface area (Å²) >= 11 is 0. The number of aliphatic hydroxyl groups excluding tert-OH is 1. The maximum Gasteiger partial charge on any atom is 0.255 e. The van der Waals surface area contributed by atoms with Gasteiger partial charge in [0.05, 0.1) is 18.0 Å². The lowest BCUT2D eigenvalue weighted by molar-refractivity contribution is -0.127. The molecule has 1 atom stereocenters. The lowest BCUT2D eigenvalue weighted by atomic mass is 10.1. The van der Waals surface area contributed by atoms with Gasteiger partial charge in [0.25, 0.3) is 5.91 Å². The van der Waals surface area contributed by atoms with E-state index in [2.05, 4.69) is 11.6 Å². The van der Waals surface area contributed by atoms with Crippen molar-refractivity contribution < 1.29 is 19.0 Å². The van der Waals surface area contributed by atoms with E-state index in [0.717, 1.165) is 17.4 Å². The van der Waals surface area contributed by atoms with Crippen molar-refractivity contribution in [2.24, 2.45) is 0 Å². The minimum Gasteiger partial charge on any atom is -0.516 e. The summed E-state index contributed by atoms with van der Waals surface area (Å²) in [5.41, 5.74) is 2.48. The Morgan fingerprint density at radius 3 is 2.92 bits per heavy atom. The molecule has 2 heterocycles. The van der Waals surface area contributed by atoms with E-state index in [9.17, 15) is 9.18 Å². The van der Waals surface area contributed by atoms with E-state index in [1.54, 1.807) is 11.1 Å². The first kappa shape index (κ1) is 19.4. The molecule has 1 aromatic rings. The Kier molecular flexibility index (Phi) is 6.27. The van der Waals surface area contributed by atoms with E-state index < -0.39 is 6.67 Å². The molecule has 0 aromatic carbocycles. The Hall–Kier alpha value is -2.96. The lowest BCUT2D eigenvalue weighted by Crippen LogP contribution is -2.30. The van der Waals surface area contributed by atoms with Crippen molar-refractivity contribution in [2.75, 3.05) is 19.8 Å². The predicted molar refractivity (Wildman–Crippen MR) is 97.3 cm³/mol. The van der Waals surface area contributed by atoms with Gasteiger partial charge in [-0.2, -0.15) is 0 Å². The smallest absolute Gasteiger partial charge is 0.255 e. The normalized spacial score (nSPS) is 15.7. The van der Waals surface area contributed by atoms with Crippen LogP contribution in [0.2, 0.25) is 0 Å². The van der Waals surface area contributed by atoms with E-state index in [0.29, 0.717) is 17.0 Å². The Labute approximate surface area is 151 Å². The number of aromatic nitrogens is 1. The quantitative estimate of drug-likeness (QED) is 0.551. The minimum atomic E-state index is -0.589. The van der Waals surface area contributed by atoms with Crippen molar-refractivity contribution in [1.82, 2.24) is 9.88 Å². The molecule has 1 aliphatic rings. The summed E-state index contributed by atoms with van der Waals surface area (Å²) in [6.45, 7) is 6.93. The van der Waals surface area contributed by atoms with Crippen LogP contribution in [0.1, 0.15) is 24.1 Å². The van der Waals surface area contributed by atoms with Gasteiger partial charge in [0.15, 0.2) is 0 Å². The number of hydrogen-bond acceptors (Lipinski definition) is 5. The van der Waals surface area contributed by atoms with Crippen LogP contribution >= 0.6 is 0 Å². The number of ether oxygens (including phenoxy) is 1. The number of nitrogens with zero attached hydrogens (tertiary/aromatic N) is 2. The van der Waals surface area contributed by atoms with Crippen molar-refractivity contribution in [3.63, 3.8) is 0 Å². The van der Waals surface area contributed by atoms with Gasteiger partial charge in [-0.05, 0) is 31.6 Å². The number of allylic oxidation sites excluding steroid dienone is 1. The molecule has 1 unspecified atom stereocenters. The highest BCUT2D eigenvalue weighted by molar-refractivity contribution is 6.15. The standard InChI is InChI=1S/C19H22FN3O3/c1-4-15-16(17(21)5-7-24)11-23(19(15)25)13(3)14-9-12(2)18(22-10-14)26-8-6-20/h4-5,7,9-10,13,21,24H,1,6,8,11H2,2-3H3/b7-5-,21-17?. The fraction of sp³-hybridized carbons (Fsp3) is 0.316. The number of carbonyl (C=O) groups excluding carboxylic acids is 1. The molecular weight excluding hydrogens is 337 g/mol. The number of alkyl halides is 1. The highest BCUT2D eigenvalue weighted by Crippen LogP contribution is 2.31. The lowest BCUT2D eigenvalue weighted by Gasteiger charge is -2.25. The Balaban J connectivity index is 2.24. The average molecular weight is 359 g/mol. The third-order valence-corrected chi connectivity index (χ3v) is 4.23. The summed E-state index contributed by atoms with van der Waals surface area (Å²) in [7, 11) is 0. The second-order valence-corrected chi connectivity index (χ2v) is 5.86. The number of rotatable bonds is 8. The molecule has 1 aliphatic heterocycles. The molecule has 0 bridgehead atoms. The van der Waals surface area contributed by atoms with E-state index in [-0.39, 0.29) is 30.8 Å². The maximum absolute atomic E-state index is 12.7. The predicted octanol–water partition coefficient (Wildman–Crippen LogP) is 3.22. The van der Waals surface area contributed by atoms with Crippen molar-refractivity contribution in [3.05, 3.63) is 59.5 Å². The van der Waals surface area contributed by atoms with Crippen LogP contribution in [0.3, 0.4) is 0 Å². The SMILES string of the molecule is C=CC1=C(C(=N)/C=C\O)CN(C(C)c2cnc(OCCF)c(C)c2)C1=O. The first-order valence-corrected chi connectivity index (χ1v) is 8.16. The summed E-state index contributed by atoms with van der Waals surface area (Å²) in [6.07, 6.45) is 5.03. The van der Waals surface area contributed by atoms with Crippen molar-refractivity contribution in [2.45, 2.75) is 19.9 Å². The van der Waals surface area contributed by atoms with Gasteiger partial charge >= 0.3 is 0 Å². The monoisotopic (exact) mass is 359 g/mol. The molecule has 138 valence electrons. The van der Waals surface area contributed by atoms with Crippen LogP contribution in [0.25, 0.3) is 0 Å². The number of halogens is 1. The Morgan fingerprint density at radius 2 is 2.35 bits per heavy atom. The van der Waals surface area contributed by atoms with Crippen LogP contribution < -0.4 is 4.74 Å². The van der Waals surface area contributed by atoms with Gasteiger partial charge in [-0.3, -0.25) is 4.79 Å². The summed E-state index contributed by atoms with van der Waals surface area (Å²) in [6, 6.07) is 1.56. The van der Waals surface area contributed by atoms with Gasteiger partial charge in [0.2, 0.25) is 5.88 Å². The summed E-state index contributed by atoms with van der Waals surface area (Å²) in [4.78, 5) is 18.5. The first-order chi connectivity index (χ1) is 12.4. The summed E-state index contributed by atoms with van der Waals surface area (Å²) < 4.78 is 17.5. The van der Waals surface area contributed by atoms with Gasteiger partial charge in [0.1, 0.15) is 13.3 Å². The van der Waals surface area contributed by atoms with Crippen molar-refractivity contribution in [3.8, 4) is 5.88 Å². The molecule has 26 heavy (non-hydrogen) atoms. The largest absolute Gasteiger partial charge is 0.516 e. The molecule has 0 spiro atoms. The van der Waals surface area contributed by atoms with Gasteiger partial charge in [-0.25, -0.2) is 9.37 Å². The number of hydrogen-bond donors (Lipinski definition) is 2.